The van der Waals surface area contributed by atoms with Crippen molar-refractivity contribution in [2.45, 2.75) is 23.8 Å². The number of nitrogen functional groups attached to an aromatic ring is 1. The Hall–Kier alpha value is -1.61. The van der Waals surface area contributed by atoms with Crippen molar-refractivity contribution in [2.75, 3.05) is 17.3 Å². The van der Waals surface area contributed by atoms with Gasteiger partial charge < -0.3 is 11.1 Å². The Morgan fingerprint density at radius 2 is 2.26 bits per heavy atom. The molecule has 0 radical (unpaired) electrons. The molecular formula is C10H13N5O2S2. The van der Waals surface area contributed by atoms with Gasteiger partial charge in [0.15, 0.2) is 26.4 Å². The van der Waals surface area contributed by atoms with Gasteiger partial charge in [-0.05, 0) is 12.8 Å². The van der Waals surface area contributed by atoms with Crippen LogP contribution in [0.4, 0.5) is 11.6 Å². The van der Waals surface area contributed by atoms with Crippen molar-refractivity contribution in [1.29, 1.82) is 0 Å². The van der Waals surface area contributed by atoms with E-state index in [-0.39, 0.29) is 10.7 Å². The summed E-state index contributed by atoms with van der Waals surface area (Å²) in [7, 11) is -3.45. The SMILES string of the molecule is CS(=O)(=O)c1c(NC2CC2)nn(-c2nccs2)c1N. The summed E-state index contributed by atoms with van der Waals surface area (Å²) < 4.78 is 25.1. The van der Waals surface area contributed by atoms with E-state index in [1.807, 2.05) is 0 Å². The fraction of sp³-hybridized carbons (Fsp3) is 0.400. The number of thiazole rings is 1. The van der Waals surface area contributed by atoms with Gasteiger partial charge in [-0.15, -0.1) is 16.4 Å². The lowest BCUT2D eigenvalue weighted by atomic mass is 10.5. The molecule has 3 rings (SSSR count). The third-order valence-corrected chi connectivity index (χ3v) is 4.66. The Morgan fingerprint density at radius 3 is 2.79 bits per heavy atom. The van der Waals surface area contributed by atoms with E-state index in [4.69, 9.17) is 5.73 Å². The molecule has 0 saturated heterocycles. The topological polar surface area (TPSA) is 103 Å². The summed E-state index contributed by atoms with van der Waals surface area (Å²) in [6, 6.07) is 0.291. The lowest BCUT2D eigenvalue weighted by Crippen LogP contribution is -2.07. The smallest absolute Gasteiger partial charge is 0.212 e. The molecule has 9 heteroatoms. The highest BCUT2D eigenvalue weighted by Crippen LogP contribution is 2.33. The molecule has 2 aromatic rings. The molecule has 0 unspecified atom stereocenters. The van der Waals surface area contributed by atoms with Gasteiger partial charge in [0.25, 0.3) is 0 Å². The van der Waals surface area contributed by atoms with Crippen molar-refractivity contribution >= 4 is 32.8 Å². The van der Waals surface area contributed by atoms with Crippen LogP contribution >= 0.6 is 11.3 Å². The molecule has 1 aliphatic rings. The fourth-order valence-corrected chi connectivity index (χ4v) is 3.29. The summed E-state index contributed by atoms with van der Waals surface area (Å²) in [5.74, 6) is 0.415. The second-order valence-corrected chi connectivity index (χ2v) is 7.31. The Labute approximate surface area is 114 Å². The van der Waals surface area contributed by atoms with Gasteiger partial charge in [0.2, 0.25) is 5.13 Å². The number of sulfone groups is 1. The Kier molecular flexibility index (Phi) is 2.75. The highest BCUT2D eigenvalue weighted by Gasteiger charge is 2.30. The van der Waals surface area contributed by atoms with E-state index in [0.717, 1.165) is 19.1 Å². The number of rotatable bonds is 4. The monoisotopic (exact) mass is 299 g/mol. The number of nitrogens with two attached hydrogens (primary N) is 1. The summed E-state index contributed by atoms with van der Waals surface area (Å²) >= 11 is 1.34. The maximum absolute atomic E-state index is 11.9. The van der Waals surface area contributed by atoms with Crippen molar-refractivity contribution in [2.24, 2.45) is 0 Å². The van der Waals surface area contributed by atoms with Crippen LogP contribution in [-0.4, -0.2) is 35.5 Å². The first-order valence-electron chi connectivity index (χ1n) is 5.72. The van der Waals surface area contributed by atoms with Crippen LogP contribution in [0, 0.1) is 0 Å². The van der Waals surface area contributed by atoms with Crippen molar-refractivity contribution in [3.05, 3.63) is 11.6 Å². The highest BCUT2D eigenvalue weighted by molar-refractivity contribution is 7.91. The van der Waals surface area contributed by atoms with Gasteiger partial charge >= 0.3 is 0 Å². The summed E-state index contributed by atoms with van der Waals surface area (Å²) in [5, 5.41) is 9.68. The van der Waals surface area contributed by atoms with E-state index in [9.17, 15) is 8.42 Å². The van der Waals surface area contributed by atoms with Crippen LogP contribution in [-0.2, 0) is 9.84 Å². The lowest BCUT2D eigenvalue weighted by molar-refractivity contribution is 0.602. The predicted molar refractivity (Wildman–Crippen MR) is 73.4 cm³/mol. The standard InChI is InChI=1S/C10H13N5O2S2/c1-19(16,17)7-8(11)15(10-12-4-5-18-10)14-9(7)13-6-2-3-6/h4-6H,2-3,11H2,1H3,(H,13,14). The number of nitrogens with one attached hydrogen (secondary N) is 1. The highest BCUT2D eigenvalue weighted by atomic mass is 32.2. The van der Waals surface area contributed by atoms with Gasteiger partial charge in [0.1, 0.15) is 0 Å². The maximum atomic E-state index is 11.9. The average molecular weight is 299 g/mol. The molecule has 1 saturated carbocycles. The number of anilines is 2. The zero-order valence-corrected chi connectivity index (χ0v) is 11.8. The first kappa shape index (κ1) is 12.4. The predicted octanol–water partition coefficient (Wildman–Crippen LogP) is 0.889. The number of hydrogen-bond acceptors (Lipinski definition) is 7. The largest absolute Gasteiger partial charge is 0.382 e. The fourth-order valence-electron chi connectivity index (χ4n) is 1.76. The van der Waals surface area contributed by atoms with Crippen LogP contribution in [0.2, 0.25) is 0 Å². The Balaban J connectivity index is 2.15. The maximum Gasteiger partial charge on any atom is 0.212 e. The number of aromatic nitrogens is 3. The van der Waals surface area contributed by atoms with Crippen LogP contribution in [0.3, 0.4) is 0 Å². The molecule has 0 bridgehead atoms. The van der Waals surface area contributed by atoms with Gasteiger partial charge in [-0.1, -0.05) is 0 Å². The average Bonchev–Trinajstić information content (AvgIpc) is 2.85. The minimum atomic E-state index is -3.45. The van der Waals surface area contributed by atoms with E-state index in [1.165, 1.54) is 16.0 Å². The van der Waals surface area contributed by atoms with E-state index < -0.39 is 9.84 Å². The molecule has 7 nitrogen and oxygen atoms in total. The van der Waals surface area contributed by atoms with E-state index in [2.05, 4.69) is 15.4 Å². The molecule has 2 heterocycles. The molecule has 0 amide bonds. The van der Waals surface area contributed by atoms with Gasteiger partial charge in [0.05, 0.1) is 0 Å². The minimum Gasteiger partial charge on any atom is -0.382 e. The Morgan fingerprint density at radius 1 is 1.53 bits per heavy atom. The minimum absolute atomic E-state index is 0.0506. The van der Waals surface area contributed by atoms with Gasteiger partial charge in [-0.25, -0.2) is 13.4 Å². The van der Waals surface area contributed by atoms with E-state index in [0.29, 0.717) is 17.0 Å². The summed E-state index contributed by atoms with van der Waals surface area (Å²) in [5.41, 5.74) is 5.93. The van der Waals surface area contributed by atoms with Crippen molar-refractivity contribution in [3.8, 4) is 5.13 Å². The molecule has 0 aromatic carbocycles. The van der Waals surface area contributed by atoms with Crippen LogP contribution in [0.15, 0.2) is 16.5 Å². The first-order chi connectivity index (χ1) is 8.97. The molecular weight excluding hydrogens is 286 g/mol. The summed E-state index contributed by atoms with van der Waals surface area (Å²) in [6.45, 7) is 0. The van der Waals surface area contributed by atoms with Gasteiger partial charge in [-0.2, -0.15) is 4.68 Å². The second kappa shape index (κ2) is 4.20. The van der Waals surface area contributed by atoms with Crippen LogP contribution in [0.25, 0.3) is 5.13 Å². The molecule has 102 valence electrons. The zero-order chi connectivity index (χ0) is 13.6. The van der Waals surface area contributed by atoms with E-state index in [1.54, 1.807) is 11.6 Å². The third-order valence-electron chi connectivity index (χ3n) is 2.77. The van der Waals surface area contributed by atoms with Crippen molar-refractivity contribution in [3.63, 3.8) is 0 Å². The van der Waals surface area contributed by atoms with Crippen LogP contribution < -0.4 is 11.1 Å². The first-order valence-corrected chi connectivity index (χ1v) is 8.49. The van der Waals surface area contributed by atoms with E-state index >= 15 is 0 Å². The molecule has 3 N–H and O–H groups in total. The van der Waals surface area contributed by atoms with Crippen LogP contribution in [0.1, 0.15) is 12.8 Å². The molecule has 2 aromatic heterocycles. The van der Waals surface area contributed by atoms with Crippen molar-refractivity contribution < 1.29 is 8.42 Å². The molecule has 1 fully saturated rings. The molecule has 0 atom stereocenters. The molecule has 0 spiro atoms. The normalized spacial score (nSPS) is 15.6. The number of hydrogen-bond donors (Lipinski definition) is 2. The Bertz CT molecular complexity index is 701. The third kappa shape index (κ3) is 2.30. The number of nitrogens with zero attached hydrogens (tertiary/aromatic N) is 3. The van der Waals surface area contributed by atoms with Gasteiger partial charge in [-0.3, -0.25) is 0 Å². The second-order valence-electron chi connectivity index (χ2n) is 4.48. The quantitative estimate of drug-likeness (QED) is 0.869. The molecule has 0 aliphatic heterocycles. The molecule has 19 heavy (non-hydrogen) atoms. The van der Waals surface area contributed by atoms with Crippen LogP contribution in [0.5, 0.6) is 0 Å². The summed E-state index contributed by atoms with van der Waals surface area (Å²) in [4.78, 5) is 4.15. The molecule has 1 aliphatic carbocycles. The van der Waals surface area contributed by atoms with Crippen molar-refractivity contribution in [1.82, 2.24) is 14.8 Å². The lowest BCUT2D eigenvalue weighted by Gasteiger charge is -2.02. The zero-order valence-electron chi connectivity index (χ0n) is 10.2. The van der Waals surface area contributed by atoms with Gasteiger partial charge in [0, 0.05) is 23.9 Å². The summed E-state index contributed by atoms with van der Waals surface area (Å²) in [6.07, 6.45) is 4.79.